The normalized spacial score (nSPS) is 36.4. The van der Waals surface area contributed by atoms with Gasteiger partial charge in [-0.05, 0) is 19.8 Å². The van der Waals surface area contributed by atoms with Crippen LogP contribution in [0.1, 0.15) is 19.8 Å². The van der Waals surface area contributed by atoms with Gasteiger partial charge in [-0.15, -0.1) is 0 Å². The lowest BCUT2D eigenvalue weighted by Crippen LogP contribution is -2.51. The van der Waals surface area contributed by atoms with Gasteiger partial charge in [0.25, 0.3) is 0 Å². The molecule has 0 radical (unpaired) electrons. The monoisotopic (exact) mass is 228 g/mol. The highest BCUT2D eigenvalue weighted by Gasteiger charge is 2.32. The number of nitrogens with zero attached hydrogens (tertiary/aromatic N) is 1. The fourth-order valence-corrected chi connectivity index (χ4v) is 2.44. The van der Waals surface area contributed by atoms with Crippen molar-refractivity contribution in [3.05, 3.63) is 0 Å². The molecule has 2 saturated heterocycles. The SMILES string of the molecule is CC1CNCCN1C[C@H]1CC[C@@H](C(=O)O)O1. The first-order chi connectivity index (χ1) is 7.66. The number of piperazine rings is 1. The molecule has 0 amide bonds. The van der Waals surface area contributed by atoms with Gasteiger partial charge in [0, 0.05) is 32.2 Å². The Balaban J connectivity index is 1.79. The van der Waals surface area contributed by atoms with Gasteiger partial charge < -0.3 is 15.2 Å². The van der Waals surface area contributed by atoms with E-state index in [9.17, 15) is 4.79 Å². The average Bonchev–Trinajstić information content (AvgIpc) is 2.70. The predicted molar refractivity (Wildman–Crippen MR) is 59.4 cm³/mol. The molecule has 2 aliphatic heterocycles. The Labute approximate surface area is 95.8 Å². The molecular weight excluding hydrogens is 208 g/mol. The molecule has 0 aromatic rings. The number of aliphatic carboxylic acids is 1. The van der Waals surface area contributed by atoms with Gasteiger partial charge in [0.05, 0.1) is 6.10 Å². The predicted octanol–water partition coefficient (Wildman–Crippen LogP) is -0.0877. The Bertz CT molecular complexity index is 260. The lowest BCUT2D eigenvalue weighted by molar-refractivity contribution is -0.149. The van der Waals surface area contributed by atoms with Gasteiger partial charge in [-0.2, -0.15) is 0 Å². The molecule has 0 aliphatic carbocycles. The van der Waals surface area contributed by atoms with Crippen LogP contribution in [-0.4, -0.2) is 60.4 Å². The van der Waals surface area contributed by atoms with Crippen molar-refractivity contribution in [2.45, 2.75) is 38.0 Å². The van der Waals surface area contributed by atoms with Crippen LogP contribution in [0.3, 0.4) is 0 Å². The van der Waals surface area contributed by atoms with Crippen LogP contribution in [0.15, 0.2) is 0 Å². The summed E-state index contributed by atoms with van der Waals surface area (Å²) in [4.78, 5) is 13.1. The third-order valence-corrected chi connectivity index (χ3v) is 3.46. The highest BCUT2D eigenvalue weighted by Crippen LogP contribution is 2.21. The second-order valence-electron chi connectivity index (χ2n) is 4.71. The maximum Gasteiger partial charge on any atom is 0.332 e. The van der Waals surface area contributed by atoms with Gasteiger partial charge in [0.15, 0.2) is 6.10 Å². The number of carboxylic acids is 1. The summed E-state index contributed by atoms with van der Waals surface area (Å²) >= 11 is 0. The minimum absolute atomic E-state index is 0.0987. The van der Waals surface area contributed by atoms with Crippen molar-refractivity contribution in [2.24, 2.45) is 0 Å². The van der Waals surface area contributed by atoms with Crippen molar-refractivity contribution in [2.75, 3.05) is 26.2 Å². The molecule has 1 unspecified atom stereocenters. The van der Waals surface area contributed by atoms with Crippen molar-refractivity contribution in [3.8, 4) is 0 Å². The van der Waals surface area contributed by atoms with Crippen molar-refractivity contribution in [1.29, 1.82) is 0 Å². The summed E-state index contributed by atoms with van der Waals surface area (Å²) < 4.78 is 5.51. The fraction of sp³-hybridized carbons (Fsp3) is 0.909. The molecule has 2 heterocycles. The Morgan fingerprint density at radius 2 is 2.38 bits per heavy atom. The van der Waals surface area contributed by atoms with Crippen LogP contribution in [-0.2, 0) is 9.53 Å². The van der Waals surface area contributed by atoms with Crippen LogP contribution in [0.25, 0.3) is 0 Å². The van der Waals surface area contributed by atoms with Gasteiger partial charge in [0.1, 0.15) is 0 Å². The van der Waals surface area contributed by atoms with E-state index in [1.807, 2.05) is 0 Å². The van der Waals surface area contributed by atoms with Crippen LogP contribution in [0.2, 0.25) is 0 Å². The van der Waals surface area contributed by atoms with E-state index < -0.39 is 12.1 Å². The van der Waals surface area contributed by atoms with E-state index in [2.05, 4.69) is 17.1 Å². The van der Waals surface area contributed by atoms with Crippen molar-refractivity contribution < 1.29 is 14.6 Å². The van der Waals surface area contributed by atoms with Crippen molar-refractivity contribution >= 4 is 5.97 Å². The van der Waals surface area contributed by atoms with E-state index in [0.717, 1.165) is 32.6 Å². The summed E-state index contributed by atoms with van der Waals surface area (Å²) in [7, 11) is 0. The lowest BCUT2D eigenvalue weighted by atomic mass is 10.1. The van der Waals surface area contributed by atoms with E-state index >= 15 is 0 Å². The van der Waals surface area contributed by atoms with Crippen LogP contribution >= 0.6 is 0 Å². The minimum atomic E-state index is -0.823. The first-order valence-electron chi connectivity index (χ1n) is 6.00. The van der Waals surface area contributed by atoms with E-state index in [4.69, 9.17) is 9.84 Å². The molecule has 5 nitrogen and oxygen atoms in total. The molecule has 92 valence electrons. The number of carbonyl (C=O) groups is 1. The zero-order valence-electron chi connectivity index (χ0n) is 9.69. The maximum absolute atomic E-state index is 10.8. The van der Waals surface area contributed by atoms with E-state index in [1.165, 1.54) is 0 Å². The Morgan fingerprint density at radius 1 is 1.56 bits per heavy atom. The summed E-state index contributed by atoms with van der Waals surface area (Å²) in [6.45, 7) is 6.11. The first kappa shape index (κ1) is 11.8. The quantitative estimate of drug-likeness (QED) is 0.707. The Kier molecular flexibility index (Phi) is 3.78. The molecule has 2 N–H and O–H groups in total. The van der Waals surface area contributed by atoms with E-state index in [-0.39, 0.29) is 6.10 Å². The Morgan fingerprint density at radius 3 is 3.00 bits per heavy atom. The summed E-state index contributed by atoms with van der Waals surface area (Å²) in [6.07, 6.45) is 1.04. The smallest absolute Gasteiger partial charge is 0.332 e. The zero-order chi connectivity index (χ0) is 11.5. The third kappa shape index (κ3) is 2.72. The number of nitrogens with one attached hydrogen (secondary N) is 1. The summed E-state index contributed by atoms with van der Waals surface area (Å²) in [5, 5.41) is 12.2. The molecule has 5 heteroatoms. The zero-order valence-corrected chi connectivity index (χ0v) is 9.69. The standard InChI is InChI=1S/C11H20N2O3/c1-8-6-12-4-5-13(8)7-9-2-3-10(16-9)11(14)15/h8-10,12H,2-7H2,1H3,(H,14,15)/t8?,9-,10+/m1/s1. The molecule has 2 fully saturated rings. The highest BCUT2D eigenvalue weighted by molar-refractivity contribution is 5.72. The molecule has 0 spiro atoms. The highest BCUT2D eigenvalue weighted by atomic mass is 16.5. The number of rotatable bonds is 3. The minimum Gasteiger partial charge on any atom is -0.479 e. The largest absolute Gasteiger partial charge is 0.479 e. The number of ether oxygens (including phenoxy) is 1. The number of hydrogen-bond donors (Lipinski definition) is 2. The van der Waals surface area contributed by atoms with Crippen LogP contribution in [0.5, 0.6) is 0 Å². The molecule has 0 aromatic carbocycles. The summed E-state index contributed by atoms with van der Waals surface area (Å²) in [5.74, 6) is -0.823. The van der Waals surface area contributed by atoms with Gasteiger partial charge in [-0.3, -0.25) is 4.90 Å². The van der Waals surface area contributed by atoms with Gasteiger partial charge in [-0.25, -0.2) is 4.79 Å². The summed E-state index contributed by atoms with van der Waals surface area (Å²) in [5.41, 5.74) is 0. The molecule has 0 aromatic heterocycles. The average molecular weight is 228 g/mol. The molecule has 3 atom stereocenters. The number of carboxylic acid groups (broad SMARTS) is 1. The molecule has 2 aliphatic rings. The Hall–Kier alpha value is -0.650. The van der Waals surface area contributed by atoms with Gasteiger partial charge in [0.2, 0.25) is 0 Å². The van der Waals surface area contributed by atoms with Crippen molar-refractivity contribution in [3.63, 3.8) is 0 Å². The van der Waals surface area contributed by atoms with E-state index in [0.29, 0.717) is 12.5 Å². The third-order valence-electron chi connectivity index (χ3n) is 3.46. The second kappa shape index (κ2) is 5.12. The molecule has 0 saturated carbocycles. The van der Waals surface area contributed by atoms with Crippen LogP contribution in [0, 0.1) is 0 Å². The van der Waals surface area contributed by atoms with Crippen molar-refractivity contribution in [1.82, 2.24) is 10.2 Å². The lowest BCUT2D eigenvalue weighted by Gasteiger charge is -2.35. The van der Waals surface area contributed by atoms with Gasteiger partial charge in [-0.1, -0.05) is 0 Å². The van der Waals surface area contributed by atoms with Crippen LogP contribution < -0.4 is 5.32 Å². The van der Waals surface area contributed by atoms with E-state index in [1.54, 1.807) is 0 Å². The maximum atomic E-state index is 10.8. The molecule has 2 rings (SSSR count). The van der Waals surface area contributed by atoms with Gasteiger partial charge >= 0.3 is 5.97 Å². The molecule has 0 bridgehead atoms. The summed E-state index contributed by atoms with van der Waals surface area (Å²) in [6, 6.07) is 0.515. The first-order valence-corrected chi connectivity index (χ1v) is 6.00. The molecular formula is C11H20N2O3. The number of hydrogen-bond acceptors (Lipinski definition) is 4. The molecule has 16 heavy (non-hydrogen) atoms. The van der Waals surface area contributed by atoms with Crippen LogP contribution in [0.4, 0.5) is 0 Å². The fourth-order valence-electron chi connectivity index (χ4n) is 2.44. The second-order valence-corrected chi connectivity index (χ2v) is 4.71. The topological polar surface area (TPSA) is 61.8 Å².